The van der Waals surface area contributed by atoms with E-state index in [0.29, 0.717) is 19.4 Å². The molecule has 6 heteroatoms. The molecule has 0 aromatic carbocycles. The predicted octanol–water partition coefficient (Wildman–Crippen LogP) is 1.31. The summed E-state index contributed by atoms with van der Waals surface area (Å²) < 4.78 is 4.98. The van der Waals surface area contributed by atoms with Crippen molar-refractivity contribution in [1.82, 2.24) is 10.2 Å². The van der Waals surface area contributed by atoms with Gasteiger partial charge in [-0.1, -0.05) is 0 Å². The lowest BCUT2D eigenvalue weighted by molar-refractivity contribution is -0.137. The zero-order valence-electron chi connectivity index (χ0n) is 11.6. The van der Waals surface area contributed by atoms with Crippen LogP contribution < -0.4 is 5.32 Å². The second-order valence-corrected chi connectivity index (χ2v) is 4.55. The number of hydrogen-bond donors (Lipinski definition) is 2. The lowest BCUT2D eigenvalue weighted by atomic mass is 10.1. The first-order chi connectivity index (χ1) is 8.38. The fourth-order valence-electron chi connectivity index (χ4n) is 1.50. The first kappa shape index (κ1) is 16.7. The van der Waals surface area contributed by atoms with Crippen LogP contribution in [-0.4, -0.2) is 54.9 Å². The monoisotopic (exact) mass is 260 g/mol. The van der Waals surface area contributed by atoms with Crippen LogP contribution in [0.1, 0.15) is 33.1 Å². The highest BCUT2D eigenvalue weighted by Gasteiger charge is 2.17. The van der Waals surface area contributed by atoms with Crippen LogP contribution in [0.4, 0.5) is 4.79 Å². The van der Waals surface area contributed by atoms with Gasteiger partial charge < -0.3 is 20.1 Å². The number of hydrogen-bond acceptors (Lipinski definition) is 3. The van der Waals surface area contributed by atoms with E-state index >= 15 is 0 Å². The fraction of sp³-hybridized carbons (Fsp3) is 0.833. The first-order valence-corrected chi connectivity index (χ1v) is 6.12. The van der Waals surface area contributed by atoms with Crippen molar-refractivity contribution in [2.45, 2.75) is 45.2 Å². The zero-order valence-corrected chi connectivity index (χ0v) is 11.6. The predicted molar refractivity (Wildman–Crippen MR) is 68.6 cm³/mol. The van der Waals surface area contributed by atoms with E-state index in [-0.39, 0.29) is 24.5 Å². The Bertz CT molecular complexity index is 271. The standard InChI is InChI=1S/C12H24N2O4/c1-9(6-5-7-11(15)16)13-12(17)14(3)10(2)8-18-4/h9-10H,5-8H2,1-4H3,(H,13,17)(H,15,16). The molecule has 18 heavy (non-hydrogen) atoms. The molecule has 106 valence electrons. The third kappa shape index (κ3) is 7.11. The SMILES string of the molecule is COCC(C)N(C)C(=O)NC(C)CCCC(=O)O. The number of methoxy groups -OCH3 is 1. The van der Waals surface area contributed by atoms with Gasteiger partial charge in [-0.15, -0.1) is 0 Å². The van der Waals surface area contributed by atoms with Crippen molar-refractivity contribution in [3.63, 3.8) is 0 Å². The van der Waals surface area contributed by atoms with Crippen molar-refractivity contribution in [2.24, 2.45) is 0 Å². The van der Waals surface area contributed by atoms with E-state index in [1.165, 1.54) is 0 Å². The molecule has 0 aliphatic heterocycles. The van der Waals surface area contributed by atoms with Crippen molar-refractivity contribution >= 4 is 12.0 Å². The molecule has 0 radical (unpaired) electrons. The summed E-state index contributed by atoms with van der Waals surface area (Å²) in [5.41, 5.74) is 0. The Kier molecular flexibility index (Phi) is 8.11. The highest BCUT2D eigenvalue weighted by Crippen LogP contribution is 2.03. The van der Waals surface area contributed by atoms with Crippen LogP contribution in [-0.2, 0) is 9.53 Å². The van der Waals surface area contributed by atoms with Crippen molar-refractivity contribution in [1.29, 1.82) is 0 Å². The molecule has 0 aromatic rings. The van der Waals surface area contributed by atoms with E-state index in [2.05, 4.69) is 5.32 Å². The Balaban J connectivity index is 3.95. The van der Waals surface area contributed by atoms with Gasteiger partial charge in [0.15, 0.2) is 0 Å². The molecule has 2 N–H and O–H groups in total. The first-order valence-electron chi connectivity index (χ1n) is 6.12. The summed E-state index contributed by atoms with van der Waals surface area (Å²) in [5, 5.41) is 11.4. The number of carbonyl (C=O) groups excluding carboxylic acids is 1. The minimum Gasteiger partial charge on any atom is -0.481 e. The summed E-state index contributed by atoms with van der Waals surface area (Å²) in [6, 6.07) is -0.197. The van der Waals surface area contributed by atoms with Crippen LogP contribution in [0.3, 0.4) is 0 Å². The summed E-state index contributed by atoms with van der Waals surface area (Å²) in [6.07, 6.45) is 1.36. The average molecular weight is 260 g/mol. The maximum absolute atomic E-state index is 11.8. The molecule has 0 bridgehead atoms. The van der Waals surface area contributed by atoms with Gasteiger partial charge in [-0.3, -0.25) is 4.79 Å². The van der Waals surface area contributed by atoms with Gasteiger partial charge in [-0.05, 0) is 26.7 Å². The topological polar surface area (TPSA) is 78.9 Å². The number of aliphatic carboxylic acids is 1. The van der Waals surface area contributed by atoms with Gasteiger partial charge in [0.05, 0.1) is 12.6 Å². The average Bonchev–Trinajstić information content (AvgIpc) is 2.27. The molecule has 0 spiro atoms. The number of carboxylic acids is 1. The molecule has 0 fully saturated rings. The number of amides is 2. The third-order valence-corrected chi connectivity index (χ3v) is 2.79. The Hall–Kier alpha value is -1.30. The van der Waals surface area contributed by atoms with Crippen LogP contribution in [0.25, 0.3) is 0 Å². The Labute approximate surface area is 108 Å². The number of carboxylic acid groups (broad SMARTS) is 1. The van der Waals surface area contributed by atoms with Gasteiger partial charge in [0.2, 0.25) is 0 Å². The molecule has 0 heterocycles. The minimum atomic E-state index is -0.806. The molecule has 2 atom stereocenters. The van der Waals surface area contributed by atoms with Gasteiger partial charge in [0.25, 0.3) is 0 Å². The molecule has 0 saturated carbocycles. The second kappa shape index (κ2) is 8.74. The van der Waals surface area contributed by atoms with E-state index in [1.807, 2.05) is 13.8 Å². The smallest absolute Gasteiger partial charge is 0.317 e. The Morgan fingerprint density at radius 2 is 2.00 bits per heavy atom. The van der Waals surface area contributed by atoms with E-state index in [9.17, 15) is 9.59 Å². The maximum atomic E-state index is 11.8. The fourth-order valence-corrected chi connectivity index (χ4v) is 1.50. The number of urea groups is 1. The molecule has 0 rings (SSSR count). The van der Waals surface area contributed by atoms with Crippen molar-refractivity contribution in [3.8, 4) is 0 Å². The van der Waals surface area contributed by atoms with Crippen LogP contribution in [0.15, 0.2) is 0 Å². The van der Waals surface area contributed by atoms with Gasteiger partial charge in [0.1, 0.15) is 0 Å². The summed E-state index contributed by atoms with van der Waals surface area (Å²) in [6.45, 7) is 4.25. The molecule has 0 saturated heterocycles. The van der Waals surface area contributed by atoms with Crippen LogP contribution in [0.2, 0.25) is 0 Å². The van der Waals surface area contributed by atoms with Crippen molar-refractivity contribution < 1.29 is 19.4 Å². The van der Waals surface area contributed by atoms with Gasteiger partial charge in [-0.25, -0.2) is 4.79 Å². The minimum absolute atomic E-state index is 0.00113. The number of carbonyl (C=O) groups is 2. The molecule has 0 aliphatic carbocycles. The summed E-state index contributed by atoms with van der Waals surface area (Å²) >= 11 is 0. The third-order valence-electron chi connectivity index (χ3n) is 2.79. The summed E-state index contributed by atoms with van der Waals surface area (Å²) in [7, 11) is 3.31. The van der Waals surface area contributed by atoms with Crippen molar-refractivity contribution in [2.75, 3.05) is 20.8 Å². The zero-order chi connectivity index (χ0) is 14.1. The molecular weight excluding hydrogens is 236 g/mol. The normalized spacial score (nSPS) is 13.8. The Morgan fingerprint density at radius 1 is 1.39 bits per heavy atom. The van der Waals surface area contributed by atoms with Crippen LogP contribution in [0.5, 0.6) is 0 Å². The molecule has 2 unspecified atom stereocenters. The summed E-state index contributed by atoms with van der Waals surface area (Å²) in [5.74, 6) is -0.806. The molecule has 0 aromatic heterocycles. The van der Waals surface area contributed by atoms with Gasteiger partial charge >= 0.3 is 12.0 Å². The lowest BCUT2D eigenvalue weighted by Gasteiger charge is -2.26. The number of ether oxygens (including phenoxy) is 1. The van der Waals surface area contributed by atoms with Crippen LogP contribution in [0, 0.1) is 0 Å². The van der Waals surface area contributed by atoms with Gasteiger partial charge in [0, 0.05) is 26.6 Å². The second-order valence-electron chi connectivity index (χ2n) is 4.55. The largest absolute Gasteiger partial charge is 0.481 e. The Morgan fingerprint density at radius 3 is 2.50 bits per heavy atom. The molecule has 6 nitrogen and oxygen atoms in total. The van der Waals surface area contributed by atoms with E-state index < -0.39 is 5.97 Å². The van der Waals surface area contributed by atoms with E-state index in [0.717, 1.165) is 0 Å². The maximum Gasteiger partial charge on any atom is 0.317 e. The highest BCUT2D eigenvalue weighted by atomic mass is 16.5. The van der Waals surface area contributed by atoms with Crippen LogP contribution >= 0.6 is 0 Å². The quantitative estimate of drug-likeness (QED) is 0.689. The lowest BCUT2D eigenvalue weighted by Crippen LogP contribution is -2.46. The van der Waals surface area contributed by atoms with E-state index in [4.69, 9.17) is 9.84 Å². The summed E-state index contributed by atoms with van der Waals surface area (Å²) in [4.78, 5) is 23.8. The number of likely N-dealkylation sites (N-methyl/N-ethyl adjacent to an activating group) is 1. The highest BCUT2D eigenvalue weighted by molar-refractivity contribution is 5.74. The van der Waals surface area contributed by atoms with Crippen molar-refractivity contribution in [3.05, 3.63) is 0 Å². The van der Waals surface area contributed by atoms with E-state index in [1.54, 1.807) is 19.1 Å². The molecular formula is C12H24N2O4. The number of rotatable bonds is 8. The number of nitrogens with zero attached hydrogens (tertiary/aromatic N) is 1. The number of nitrogens with one attached hydrogen (secondary N) is 1. The molecule has 0 aliphatic rings. The van der Waals surface area contributed by atoms with Gasteiger partial charge in [-0.2, -0.15) is 0 Å². The molecule has 2 amide bonds.